The number of terminal acetylenes is 1. The molecule has 1 aromatic rings. The standard InChI is InChI=1S/C13H11NO3/c1-2-5-11(13(16)17)14-8-9-6-3-4-7-10(9)12(14)15/h1,3-4,6-7,11H,5,8H2,(H,16,17). The highest BCUT2D eigenvalue weighted by Crippen LogP contribution is 2.25. The van der Waals surface area contributed by atoms with Crippen LogP contribution in [0.2, 0.25) is 0 Å². The highest BCUT2D eigenvalue weighted by atomic mass is 16.4. The summed E-state index contributed by atoms with van der Waals surface area (Å²) in [6.07, 6.45) is 5.16. The minimum atomic E-state index is -1.07. The molecule has 0 spiro atoms. The van der Waals surface area contributed by atoms with Crippen molar-refractivity contribution in [1.29, 1.82) is 0 Å². The van der Waals surface area contributed by atoms with E-state index in [0.717, 1.165) is 5.56 Å². The van der Waals surface area contributed by atoms with Gasteiger partial charge in [0.1, 0.15) is 6.04 Å². The van der Waals surface area contributed by atoms with E-state index in [-0.39, 0.29) is 12.3 Å². The minimum absolute atomic E-state index is 0.0229. The molecule has 0 aromatic heterocycles. The molecule has 0 bridgehead atoms. The van der Waals surface area contributed by atoms with Gasteiger partial charge in [-0.25, -0.2) is 4.79 Å². The van der Waals surface area contributed by atoms with E-state index in [1.165, 1.54) is 4.90 Å². The van der Waals surface area contributed by atoms with Crippen molar-refractivity contribution in [2.75, 3.05) is 0 Å². The summed E-state index contributed by atoms with van der Waals surface area (Å²) in [7, 11) is 0. The number of nitrogens with zero attached hydrogens (tertiary/aromatic N) is 1. The van der Waals surface area contributed by atoms with Gasteiger partial charge in [0.05, 0.1) is 0 Å². The predicted octanol–water partition coefficient (Wildman–Crippen LogP) is 1.12. The summed E-state index contributed by atoms with van der Waals surface area (Å²) >= 11 is 0. The minimum Gasteiger partial charge on any atom is -0.480 e. The van der Waals surface area contributed by atoms with E-state index in [1.54, 1.807) is 12.1 Å². The molecule has 0 aliphatic carbocycles. The number of carboxylic acid groups (broad SMARTS) is 1. The van der Waals surface area contributed by atoms with Crippen LogP contribution in [-0.2, 0) is 11.3 Å². The van der Waals surface area contributed by atoms with Crippen LogP contribution in [0.5, 0.6) is 0 Å². The van der Waals surface area contributed by atoms with Crippen molar-refractivity contribution in [1.82, 2.24) is 4.90 Å². The molecule has 1 heterocycles. The van der Waals surface area contributed by atoms with Crippen molar-refractivity contribution in [3.05, 3.63) is 35.4 Å². The molecule has 4 heteroatoms. The van der Waals surface area contributed by atoms with Crippen LogP contribution < -0.4 is 0 Å². The first-order chi connectivity index (χ1) is 8.15. The van der Waals surface area contributed by atoms with Crippen LogP contribution in [0.4, 0.5) is 0 Å². The Hall–Kier alpha value is -2.28. The van der Waals surface area contributed by atoms with Gasteiger partial charge in [-0.15, -0.1) is 12.3 Å². The molecule has 1 N–H and O–H groups in total. The second-order valence-electron chi connectivity index (χ2n) is 3.85. The van der Waals surface area contributed by atoms with E-state index in [2.05, 4.69) is 5.92 Å². The summed E-state index contributed by atoms with van der Waals surface area (Å²) in [4.78, 5) is 24.4. The van der Waals surface area contributed by atoms with E-state index in [9.17, 15) is 9.59 Å². The lowest BCUT2D eigenvalue weighted by Gasteiger charge is -2.22. The summed E-state index contributed by atoms with van der Waals surface area (Å²) in [5.74, 6) is 0.972. The molecule has 0 saturated carbocycles. The molecule has 1 amide bonds. The smallest absolute Gasteiger partial charge is 0.327 e. The first-order valence-electron chi connectivity index (χ1n) is 5.20. The number of carbonyl (C=O) groups excluding carboxylic acids is 1. The maximum atomic E-state index is 12.0. The Morgan fingerprint density at radius 3 is 2.82 bits per heavy atom. The first kappa shape index (κ1) is 11.2. The molecule has 1 aliphatic rings. The first-order valence-corrected chi connectivity index (χ1v) is 5.20. The summed E-state index contributed by atoms with van der Waals surface area (Å²) in [5, 5.41) is 9.07. The third-order valence-electron chi connectivity index (χ3n) is 2.82. The monoisotopic (exact) mass is 229 g/mol. The molecule has 0 fully saturated rings. The fraction of sp³-hybridized carbons (Fsp3) is 0.231. The number of hydrogen-bond acceptors (Lipinski definition) is 2. The summed E-state index contributed by atoms with van der Waals surface area (Å²) in [6, 6.07) is 6.16. The predicted molar refractivity (Wildman–Crippen MR) is 61.2 cm³/mol. The van der Waals surface area contributed by atoms with Crippen molar-refractivity contribution in [2.45, 2.75) is 19.0 Å². The number of amides is 1. The third-order valence-corrected chi connectivity index (χ3v) is 2.82. The molecular formula is C13H11NO3. The molecule has 0 saturated heterocycles. The van der Waals surface area contributed by atoms with Gasteiger partial charge in [-0.05, 0) is 11.6 Å². The van der Waals surface area contributed by atoms with Gasteiger partial charge >= 0.3 is 5.97 Å². The van der Waals surface area contributed by atoms with Gasteiger partial charge in [-0.1, -0.05) is 18.2 Å². The van der Waals surface area contributed by atoms with Crippen molar-refractivity contribution in [3.8, 4) is 12.3 Å². The van der Waals surface area contributed by atoms with Gasteiger partial charge in [0.15, 0.2) is 0 Å². The Morgan fingerprint density at radius 1 is 1.53 bits per heavy atom. The maximum absolute atomic E-state index is 12.0. The zero-order chi connectivity index (χ0) is 12.4. The van der Waals surface area contributed by atoms with Crippen LogP contribution >= 0.6 is 0 Å². The van der Waals surface area contributed by atoms with Gasteiger partial charge in [-0.2, -0.15) is 0 Å². The van der Waals surface area contributed by atoms with Gasteiger partial charge in [0.25, 0.3) is 5.91 Å². The second kappa shape index (κ2) is 4.30. The van der Waals surface area contributed by atoms with Crippen LogP contribution in [0.3, 0.4) is 0 Å². The Labute approximate surface area is 98.9 Å². The Balaban J connectivity index is 2.30. The highest BCUT2D eigenvalue weighted by molar-refractivity contribution is 6.00. The van der Waals surface area contributed by atoms with E-state index in [4.69, 9.17) is 11.5 Å². The van der Waals surface area contributed by atoms with Crippen molar-refractivity contribution >= 4 is 11.9 Å². The zero-order valence-corrected chi connectivity index (χ0v) is 9.09. The number of fused-ring (bicyclic) bond motifs is 1. The van der Waals surface area contributed by atoms with Crippen LogP contribution in [-0.4, -0.2) is 27.9 Å². The van der Waals surface area contributed by atoms with Crippen molar-refractivity contribution in [2.24, 2.45) is 0 Å². The maximum Gasteiger partial charge on any atom is 0.327 e. The van der Waals surface area contributed by atoms with Crippen LogP contribution in [0.25, 0.3) is 0 Å². The third kappa shape index (κ3) is 1.87. The molecule has 2 rings (SSSR count). The molecule has 1 aliphatic heterocycles. The molecule has 86 valence electrons. The fourth-order valence-electron chi connectivity index (χ4n) is 1.97. The Morgan fingerprint density at radius 2 is 2.24 bits per heavy atom. The zero-order valence-electron chi connectivity index (χ0n) is 9.09. The summed E-state index contributed by atoms with van der Waals surface area (Å²) < 4.78 is 0. The normalized spacial score (nSPS) is 15.2. The lowest BCUT2D eigenvalue weighted by molar-refractivity contribution is -0.142. The van der Waals surface area contributed by atoms with Crippen molar-refractivity contribution in [3.63, 3.8) is 0 Å². The van der Waals surface area contributed by atoms with Gasteiger partial charge < -0.3 is 10.0 Å². The molecular weight excluding hydrogens is 218 g/mol. The number of benzene rings is 1. The van der Waals surface area contributed by atoms with Gasteiger partial charge in [-0.3, -0.25) is 4.79 Å². The van der Waals surface area contributed by atoms with Crippen LogP contribution in [0, 0.1) is 12.3 Å². The summed E-state index contributed by atoms with van der Waals surface area (Å²) in [5.41, 5.74) is 1.41. The molecule has 0 radical (unpaired) electrons. The average molecular weight is 229 g/mol. The quantitative estimate of drug-likeness (QED) is 0.790. The largest absolute Gasteiger partial charge is 0.480 e. The van der Waals surface area contributed by atoms with E-state index >= 15 is 0 Å². The van der Waals surface area contributed by atoms with Crippen LogP contribution in [0.15, 0.2) is 24.3 Å². The van der Waals surface area contributed by atoms with Gasteiger partial charge in [0, 0.05) is 18.5 Å². The van der Waals surface area contributed by atoms with E-state index in [0.29, 0.717) is 12.1 Å². The molecule has 1 aromatic carbocycles. The molecule has 1 unspecified atom stereocenters. The number of aliphatic carboxylic acids is 1. The summed E-state index contributed by atoms with van der Waals surface area (Å²) in [6.45, 7) is 0.313. The Kier molecular flexibility index (Phi) is 2.84. The van der Waals surface area contributed by atoms with Gasteiger partial charge in [0.2, 0.25) is 0 Å². The van der Waals surface area contributed by atoms with Crippen molar-refractivity contribution < 1.29 is 14.7 Å². The topological polar surface area (TPSA) is 57.6 Å². The van der Waals surface area contributed by atoms with Crippen LogP contribution in [0.1, 0.15) is 22.3 Å². The average Bonchev–Trinajstić information content (AvgIpc) is 2.64. The molecule has 4 nitrogen and oxygen atoms in total. The number of carbonyl (C=O) groups is 2. The fourth-order valence-corrected chi connectivity index (χ4v) is 1.97. The number of carboxylic acids is 1. The highest BCUT2D eigenvalue weighted by Gasteiger charge is 2.35. The van der Waals surface area contributed by atoms with E-state index < -0.39 is 12.0 Å². The SMILES string of the molecule is C#CCC(C(=O)O)N1Cc2ccccc2C1=O. The number of rotatable bonds is 3. The lowest BCUT2D eigenvalue weighted by Crippen LogP contribution is -2.41. The lowest BCUT2D eigenvalue weighted by atomic mass is 10.1. The Bertz CT molecular complexity index is 516. The number of hydrogen-bond donors (Lipinski definition) is 1. The molecule has 1 atom stereocenters. The second-order valence-corrected chi connectivity index (χ2v) is 3.85. The van der Waals surface area contributed by atoms with E-state index in [1.807, 2.05) is 12.1 Å². The molecule has 17 heavy (non-hydrogen) atoms.